The summed E-state index contributed by atoms with van der Waals surface area (Å²) in [6, 6.07) is 3.46. The van der Waals surface area contributed by atoms with Gasteiger partial charge in [0.25, 0.3) is 0 Å². The molecule has 1 aliphatic rings. The molecule has 0 amide bonds. The van der Waals surface area contributed by atoms with Crippen LogP contribution in [0, 0.1) is 0 Å². The smallest absolute Gasteiger partial charge is 0.392 e. The number of halogens is 3. The molecule has 0 atom stereocenters. The molecule has 4 nitrogen and oxygen atoms in total. The standard InChI is InChI=1S/C14H12F3N3O.C2H6/c15-14(16,17)13-18-5-10(6-19-13)12-4-8(7-21)3-11(20-12)9-1-2-9;1-2/h3-6,9,21H,1-2,7H2;1-2H3. The number of hydrogen-bond acceptors (Lipinski definition) is 4. The molecule has 2 aromatic rings. The summed E-state index contributed by atoms with van der Waals surface area (Å²) in [5, 5.41) is 9.28. The van der Waals surface area contributed by atoms with Crippen molar-refractivity contribution in [3.63, 3.8) is 0 Å². The largest absolute Gasteiger partial charge is 0.451 e. The van der Waals surface area contributed by atoms with E-state index in [1.807, 2.05) is 19.9 Å². The number of aliphatic hydroxyl groups excluding tert-OH is 1. The van der Waals surface area contributed by atoms with Crippen molar-refractivity contribution >= 4 is 0 Å². The normalized spacial score (nSPS) is 14.2. The molecule has 0 aromatic carbocycles. The summed E-state index contributed by atoms with van der Waals surface area (Å²) < 4.78 is 37.3. The van der Waals surface area contributed by atoms with Gasteiger partial charge in [-0.2, -0.15) is 13.2 Å². The van der Waals surface area contributed by atoms with Gasteiger partial charge in [-0.1, -0.05) is 13.8 Å². The third kappa shape index (κ3) is 4.25. The fraction of sp³-hybridized carbons (Fsp3) is 0.438. The lowest BCUT2D eigenvalue weighted by Crippen LogP contribution is -2.10. The predicted molar refractivity (Wildman–Crippen MR) is 79.5 cm³/mol. The van der Waals surface area contributed by atoms with E-state index in [0.29, 0.717) is 22.7 Å². The van der Waals surface area contributed by atoms with Crippen LogP contribution in [-0.4, -0.2) is 20.1 Å². The Bertz CT molecular complexity index is 653. The second-order valence-electron chi connectivity index (χ2n) is 5.01. The fourth-order valence-electron chi connectivity index (χ4n) is 2.04. The predicted octanol–water partition coefficient (Wildman–Crippen LogP) is 3.95. The Morgan fingerprint density at radius 2 is 1.74 bits per heavy atom. The molecular formula is C16H18F3N3O. The molecule has 0 aliphatic heterocycles. The van der Waals surface area contributed by atoms with Crippen LogP contribution in [0.4, 0.5) is 13.2 Å². The molecule has 2 heterocycles. The van der Waals surface area contributed by atoms with Crippen LogP contribution in [-0.2, 0) is 12.8 Å². The van der Waals surface area contributed by atoms with Crippen LogP contribution in [0.5, 0.6) is 0 Å². The van der Waals surface area contributed by atoms with Crippen LogP contribution in [0.2, 0.25) is 0 Å². The molecule has 1 fully saturated rings. The summed E-state index contributed by atoms with van der Waals surface area (Å²) in [6.07, 6.45) is -0.250. The first-order chi connectivity index (χ1) is 11.0. The highest BCUT2D eigenvalue weighted by Gasteiger charge is 2.34. The summed E-state index contributed by atoms with van der Waals surface area (Å²) in [7, 11) is 0. The molecular weight excluding hydrogens is 307 g/mol. The van der Waals surface area contributed by atoms with Crippen molar-refractivity contribution < 1.29 is 18.3 Å². The van der Waals surface area contributed by atoms with Crippen LogP contribution < -0.4 is 0 Å². The Morgan fingerprint density at radius 3 is 2.22 bits per heavy atom. The minimum absolute atomic E-state index is 0.142. The van der Waals surface area contributed by atoms with E-state index in [1.165, 1.54) is 0 Å². The maximum absolute atomic E-state index is 12.4. The molecule has 7 heteroatoms. The number of aliphatic hydroxyl groups is 1. The summed E-state index contributed by atoms with van der Waals surface area (Å²) in [6.45, 7) is 3.86. The molecule has 1 N–H and O–H groups in total. The van der Waals surface area contributed by atoms with Gasteiger partial charge in [0, 0.05) is 29.6 Å². The molecule has 124 valence electrons. The van der Waals surface area contributed by atoms with E-state index >= 15 is 0 Å². The van der Waals surface area contributed by atoms with Gasteiger partial charge in [0.2, 0.25) is 5.82 Å². The van der Waals surface area contributed by atoms with Crippen molar-refractivity contribution in [2.24, 2.45) is 0 Å². The number of aromatic nitrogens is 3. The average Bonchev–Trinajstić information content (AvgIpc) is 3.40. The maximum atomic E-state index is 12.4. The highest BCUT2D eigenvalue weighted by atomic mass is 19.4. The molecule has 3 rings (SSSR count). The summed E-state index contributed by atoms with van der Waals surface area (Å²) in [5.74, 6) is -0.794. The summed E-state index contributed by atoms with van der Waals surface area (Å²) in [5.41, 5.74) is 2.43. The third-order valence-electron chi connectivity index (χ3n) is 3.28. The van der Waals surface area contributed by atoms with Gasteiger partial charge in [-0.25, -0.2) is 9.97 Å². The van der Waals surface area contributed by atoms with Gasteiger partial charge in [-0.3, -0.25) is 4.98 Å². The number of alkyl halides is 3. The number of pyridine rings is 1. The lowest BCUT2D eigenvalue weighted by molar-refractivity contribution is -0.144. The highest BCUT2D eigenvalue weighted by molar-refractivity contribution is 5.58. The van der Waals surface area contributed by atoms with Gasteiger partial charge >= 0.3 is 6.18 Å². The molecule has 0 radical (unpaired) electrons. The van der Waals surface area contributed by atoms with E-state index in [0.717, 1.165) is 30.9 Å². The molecule has 23 heavy (non-hydrogen) atoms. The van der Waals surface area contributed by atoms with Crippen molar-refractivity contribution in [2.75, 3.05) is 0 Å². The van der Waals surface area contributed by atoms with Gasteiger partial charge in [-0.05, 0) is 30.5 Å². The van der Waals surface area contributed by atoms with Crippen LogP contribution in [0.25, 0.3) is 11.3 Å². The Labute approximate surface area is 132 Å². The van der Waals surface area contributed by atoms with Crippen LogP contribution in [0.1, 0.15) is 49.7 Å². The second kappa shape index (κ2) is 7.04. The molecule has 2 aromatic heterocycles. The van der Waals surface area contributed by atoms with Crippen molar-refractivity contribution in [3.8, 4) is 11.3 Å². The minimum Gasteiger partial charge on any atom is -0.392 e. The molecule has 1 aliphatic carbocycles. The molecule has 0 saturated heterocycles. The topological polar surface area (TPSA) is 58.9 Å². The Balaban J connectivity index is 0.000000924. The Kier molecular flexibility index (Phi) is 5.30. The van der Waals surface area contributed by atoms with E-state index in [9.17, 15) is 18.3 Å². The molecule has 0 bridgehead atoms. The average molecular weight is 325 g/mol. The van der Waals surface area contributed by atoms with Gasteiger partial charge in [0.1, 0.15) is 0 Å². The zero-order valence-electron chi connectivity index (χ0n) is 12.9. The molecule has 0 unspecified atom stereocenters. The minimum atomic E-state index is -4.56. The van der Waals surface area contributed by atoms with Crippen LogP contribution in [0.15, 0.2) is 24.5 Å². The van der Waals surface area contributed by atoms with Gasteiger partial charge in [0.15, 0.2) is 0 Å². The van der Waals surface area contributed by atoms with Crippen molar-refractivity contribution in [3.05, 3.63) is 41.6 Å². The van der Waals surface area contributed by atoms with E-state index < -0.39 is 12.0 Å². The zero-order valence-corrected chi connectivity index (χ0v) is 12.9. The van der Waals surface area contributed by atoms with Crippen LogP contribution >= 0.6 is 0 Å². The number of nitrogens with zero attached hydrogens (tertiary/aromatic N) is 3. The van der Waals surface area contributed by atoms with Crippen molar-refractivity contribution in [1.82, 2.24) is 15.0 Å². The van der Waals surface area contributed by atoms with Crippen molar-refractivity contribution in [1.29, 1.82) is 0 Å². The van der Waals surface area contributed by atoms with Gasteiger partial charge in [0.05, 0.1) is 12.3 Å². The molecule has 0 spiro atoms. The first kappa shape index (κ1) is 17.3. The quantitative estimate of drug-likeness (QED) is 0.928. The monoisotopic (exact) mass is 325 g/mol. The molecule has 1 saturated carbocycles. The lowest BCUT2D eigenvalue weighted by Gasteiger charge is -2.08. The number of rotatable bonds is 3. The first-order valence-corrected chi connectivity index (χ1v) is 7.48. The second-order valence-corrected chi connectivity index (χ2v) is 5.01. The summed E-state index contributed by atoms with van der Waals surface area (Å²) >= 11 is 0. The van der Waals surface area contributed by atoms with E-state index in [2.05, 4.69) is 15.0 Å². The number of hydrogen-bond donors (Lipinski definition) is 1. The fourth-order valence-corrected chi connectivity index (χ4v) is 2.04. The van der Waals surface area contributed by atoms with Crippen molar-refractivity contribution in [2.45, 2.75) is 45.4 Å². The van der Waals surface area contributed by atoms with Crippen LogP contribution in [0.3, 0.4) is 0 Å². The highest BCUT2D eigenvalue weighted by Crippen LogP contribution is 2.40. The van der Waals surface area contributed by atoms with E-state index in [4.69, 9.17) is 0 Å². The van der Waals surface area contributed by atoms with Gasteiger partial charge < -0.3 is 5.11 Å². The Morgan fingerprint density at radius 1 is 1.13 bits per heavy atom. The summed E-state index contributed by atoms with van der Waals surface area (Å²) in [4.78, 5) is 11.1. The SMILES string of the molecule is CC.OCc1cc(-c2cnc(C(F)(F)F)nc2)nc(C2CC2)c1. The zero-order chi connectivity index (χ0) is 17.0. The van der Waals surface area contributed by atoms with Gasteiger partial charge in [-0.15, -0.1) is 0 Å². The lowest BCUT2D eigenvalue weighted by atomic mass is 10.1. The third-order valence-corrected chi connectivity index (χ3v) is 3.28. The van der Waals surface area contributed by atoms with E-state index in [-0.39, 0.29) is 6.61 Å². The van der Waals surface area contributed by atoms with E-state index in [1.54, 1.807) is 6.07 Å². The first-order valence-electron chi connectivity index (χ1n) is 7.48. The maximum Gasteiger partial charge on any atom is 0.451 e. The Hall–Kier alpha value is -2.02.